The van der Waals surface area contributed by atoms with Gasteiger partial charge in [0.2, 0.25) is 0 Å². The van der Waals surface area contributed by atoms with Crippen molar-refractivity contribution >= 4 is 11.9 Å². The average molecular weight is 939 g/mol. The first-order valence-corrected chi connectivity index (χ1v) is 24.9. The Kier molecular flexibility index (Phi) is 34.2. The minimum Gasteiger partial charge on any atom is -0.462 e. The monoisotopic (exact) mass is 939 g/mol. The fraction of sp³-hybridized carbons (Fsp3) is 0.765. The fourth-order valence-corrected chi connectivity index (χ4v) is 7.38. The molecule has 2 rings (SSSR count). The average Bonchev–Trinajstić information content (AvgIpc) is 3.31. The number of hydrogen-bond acceptors (Lipinski definition) is 15. The molecule has 4 unspecified atom stereocenters. The van der Waals surface area contributed by atoms with Crippen LogP contribution in [-0.2, 0) is 38.0 Å². The molecule has 2 heterocycles. The third-order valence-corrected chi connectivity index (χ3v) is 11.5. The van der Waals surface area contributed by atoms with Crippen molar-refractivity contribution in [2.75, 3.05) is 26.4 Å². The van der Waals surface area contributed by atoms with Crippen LogP contribution < -0.4 is 0 Å². The van der Waals surface area contributed by atoms with Crippen LogP contribution in [0.15, 0.2) is 60.8 Å². The van der Waals surface area contributed by atoms with Gasteiger partial charge in [-0.3, -0.25) is 9.59 Å². The summed E-state index contributed by atoms with van der Waals surface area (Å²) >= 11 is 0. The number of unbranched alkanes of at least 4 members (excludes halogenated alkanes) is 13. The maximum Gasteiger partial charge on any atom is 0.306 e. The van der Waals surface area contributed by atoms with Gasteiger partial charge in [-0.05, 0) is 77.0 Å². The molecule has 15 heteroatoms. The summed E-state index contributed by atoms with van der Waals surface area (Å²) in [4.78, 5) is 25.7. The Bertz CT molecular complexity index is 1380. The van der Waals surface area contributed by atoms with Crippen molar-refractivity contribution in [3.63, 3.8) is 0 Å². The SMILES string of the molecule is CC/C=C/C/C=C/C/C=C/C/C=C/CCCCC(=O)OC[C@H](CO[C@@H]1O[C@H](CO[C@@H]2O[C@H](CO)[C@H](O)C(O)C2O)[C@H](O)C(O)C1O)OC(=O)CCCCC/C=C/CCCCCCCCCC. The molecule has 0 aromatic carbocycles. The van der Waals surface area contributed by atoms with Gasteiger partial charge in [0, 0.05) is 12.8 Å². The van der Waals surface area contributed by atoms with Crippen LogP contribution in [0.3, 0.4) is 0 Å². The standard InChI is InChI=1S/C51H86O15/c1-3-5-7-9-11-13-15-17-19-21-23-25-27-29-31-33-42(53)61-36-39(64-43(54)34-32-30-28-26-24-22-20-18-16-14-12-10-8-6-4-2)37-62-50-49(60)47(58)45(56)41(66-50)38-63-51-48(59)46(57)44(55)40(35-52)65-51/h5,7,11,13,17,19,22-25,39-41,44-52,55-60H,3-4,6,8-10,12,14-16,18,20-21,26-38H2,1-2H3/b7-5+,13-11+,19-17+,24-22+,25-23+/t39-,40-,41-,44+,45+,46?,47?,48?,49?,50-,51-/m1/s1. The molecule has 0 bridgehead atoms. The number of allylic oxidation sites excluding steroid dienone is 10. The van der Waals surface area contributed by atoms with Crippen molar-refractivity contribution in [3.05, 3.63) is 60.8 Å². The highest BCUT2D eigenvalue weighted by Crippen LogP contribution is 2.26. The second-order valence-electron chi connectivity index (χ2n) is 17.3. The van der Waals surface area contributed by atoms with Gasteiger partial charge >= 0.3 is 11.9 Å². The van der Waals surface area contributed by atoms with Gasteiger partial charge in [0.05, 0.1) is 19.8 Å². The normalized spacial score (nSPS) is 26.7. The number of hydrogen-bond donors (Lipinski definition) is 7. The largest absolute Gasteiger partial charge is 0.462 e. The third-order valence-electron chi connectivity index (χ3n) is 11.5. The second-order valence-corrected chi connectivity index (χ2v) is 17.3. The molecule has 0 aromatic rings. The summed E-state index contributed by atoms with van der Waals surface area (Å²) in [6, 6.07) is 0. The highest BCUT2D eigenvalue weighted by atomic mass is 16.7. The van der Waals surface area contributed by atoms with Crippen LogP contribution in [0.25, 0.3) is 0 Å². The Balaban J connectivity index is 1.85. The van der Waals surface area contributed by atoms with Crippen molar-refractivity contribution in [1.29, 1.82) is 0 Å². The molecular formula is C51H86O15. The number of aliphatic hydroxyl groups excluding tert-OH is 7. The highest BCUT2D eigenvalue weighted by Gasteiger charge is 2.47. The van der Waals surface area contributed by atoms with Gasteiger partial charge in [0.15, 0.2) is 18.7 Å². The molecule has 15 nitrogen and oxygen atoms in total. The number of aliphatic hydroxyl groups is 7. The van der Waals surface area contributed by atoms with Crippen molar-refractivity contribution < 1.29 is 73.8 Å². The van der Waals surface area contributed by atoms with E-state index < -0.39 is 99.3 Å². The van der Waals surface area contributed by atoms with Gasteiger partial charge in [-0.15, -0.1) is 0 Å². The van der Waals surface area contributed by atoms with E-state index in [1.165, 1.54) is 51.4 Å². The van der Waals surface area contributed by atoms with E-state index >= 15 is 0 Å². The Morgan fingerprint density at radius 2 is 0.955 bits per heavy atom. The lowest BCUT2D eigenvalue weighted by atomic mass is 9.98. The summed E-state index contributed by atoms with van der Waals surface area (Å²) in [5, 5.41) is 72.0. The van der Waals surface area contributed by atoms with Crippen molar-refractivity contribution in [2.24, 2.45) is 0 Å². The molecule has 2 fully saturated rings. The van der Waals surface area contributed by atoms with Crippen molar-refractivity contribution in [3.8, 4) is 0 Å². The first-order valence-electron chi connectivity index (χ1n) is 24.9. The van der Waals surface area contributed by atoms with Crippen LogP contribution >= 0.6 is 0 Å². The first kappa shape index (κ1) is 59.3. The van der Waals surface area contributed by atoms with Gasteiger partial charge in [-0.25, -0.2) is 0 Å². The number of carbonyl (C=O) groups excluding carboxylic acids is 2. The summed E-state index contributed by atoms with van der Waals surface area (Å²) in [6.45, 7) is 2.39. The molecule has 11 atom stereocenters. The highest BCUT2D eigenvalue weighted by molar-refractivity contribution is 5.70. The molecule has 0 radical (unpaired) electrons. The summed E-state index contributed by atoms with van der Waals surface area (Å²) in [5.74, 6) is -0.997. The second kappa shape index (κ2) is 38.1. The molecule has 66 heavy (non-hydrogen) atoms. The van der Waals surface area contributed by atoms with Gasteiger partial charge in [-0.2, -0.15) is 0 Å². The van der Waals surface area contributed by atoms with Gasteiger partial charge in [0.1, 0.15) is 55.4 Å². The first-order chi connectivity index (χ1) is 32.0. The van der Waals surface area contributed by atoms with E-state index in [1.807, 2.05) is 0 Å². The van der Waals surface area contributed by atoms with Gasteiger partial charge in [0.25, 0.3) is 0 Å². The Morgan fingerprint density at radius 3 is 1.55 bits per heavy atom. The predicted octanol–water partition coefficient (Wildman–Crippen LogP) is 6.49. The Morgan fingerprint density at radius 1 is 0.500 bits per heavy atom. The van der Waals surface area contributed by atoms with E-state index in [-0.39, 0.29) is 19.4 Å². The van der Waals surface area contributed by atoms with E-state index in [0.717, 1.165) is 64.2 Å². The van der Waals surface area contributed by atoms with E-state index in [9.17, 15) is 45.3 Å². The van der Waals surface area contributed by atoms with E-state index in [0.29, 0.717) is 12.8 Å². The molecule has 7 N–H and O–H groups in total. The molecule has 2 saturated heterocycles. The van der Waals surface area contributed by atoms with E-state index in [4.69, 9.17) is 28.4 Å². The zero-order valence-corrected chi connectivity index (χ0v) is 39.9. The Hall–Kier alpha value is -2.80. The molecule has 0 spiro atoms. The third kappa shape index (κ3) is 26.1. The molecule has 2 aliphatic rings. The van der Waals surface area contributed by atoms with Gasteiger partial charge in [-0.1, -0.05) is 126 Å². The molecule has 380 valence electrons. The summed E-state index contributed by atoms with van der Waals surface area (Å²) in [6.07, 6.45) is 25.4. The molecule has 0 saturated carbocycles. The number of rotatable bonds is 37. The minimum absolute atomic E-state index is 0.133. The fourth-order valence-electron chi connectivity index (χ4n) is 7.38. The molecule has 0 aromatic heterocycles. The molecule has 2 aliphatic heterocycles. The molecule has 0 aliphatic carbocycles. The Labute approximate surface area is 394 Å². The van der Waals surface area contributed by atoms with Crippen LogP contribution in [0.4, 0.5) is 0 Å². The minimum atomic E-state index is -1.78. The van der Waals surface area contributed by atoms with Crippen LogP contribution in [0.1, 0.15) is 155 Å². The molecular weight excluding hydrogens is 853 g/mol. The van der Waals surface area contributed by atoms with Crippen LogP contribution in [0.5, 0.6) is 0 Å². The summed E-state index contributed by atoms with van der Waals surface area (Å²) in [7, 11) is 0. The lowest BCUT2D eigenvalue weighted by molar-refractivity contribution is -0.332. The lowest BCUT2D eigenvalue weighted by Crippen LogP contribution is -2.61. The van der Waals surface area contributed by atoms with Crippen LogP contribution in [0.2, 0.25) is 0 Å². The predicted molar refractivity (Wildman–Crippen MR) is 252 cm³/mol. The maximum absolute atomic E-state index is 13.0. The van der Waals surface area contributed by atoms with E-state index in [2.05, 4.69) is 74.6 Å². The van der Waals surface area contributed by atoms with Gasteiger partial charge < -0.3 is 64.2 Å². The zero-order valence-electron chi connectivity index (χ0n) is 39.9. The lowest BCUT2D eigenvalue weighted by Gasteiger charge is -2.42. The van der Waals surface area contributed by atoms with Crippen LogP contribution in [0, 0.1) is 0 Å². The number of ether oxygens (including phenoxy) is 6. The topological polar surface area (TPSA) is 231 Å². The number of carbonyl (C=O) groups is 2. The summed E-state index contributed by atoms with van der Waals surface area (Å²) < 4.78 is 33.5. The smallest absolute Gasteiger partial charge is 0.306 e. The van der Waals surface area contributed by atoms with Crippen LogP contribution in [-0.4, -0.2) is 142 Å². The van der Waals surface area contributed by atoms with Crippen molar-refractivity contribution in [2.45, 2.75) is 223 Å². The van der Waals surface area contributed by atoms with E-state index in [1.54, 1.807) is 0 Å². The quantitative estimate of drug-likeness (QED) is 0.0201. The summed E-state index contributed by atoms with van der Waals surface area (Å²) in [5.41, 5.74) is 0. The van der Waals surface area contributed by atoms with Crippen molar-refractivity contribution in [1.82, 2.24) is 0 Å². The number of esters is 2. The zero-order chi connectivity index (χ0) is 48.2. The maximum atomic E-state index is 13.0. The molecule has 0 amide bonds.